The van der Waals surface area contributed by atoms with Crippen molar-refractivity contribution in [3.05, 3.63) is 53.2 Å². The fourth-order valence-electron chi connectivity index (χ4n) is 2.33. The number of nitrogens with one attached hydrogen (secondary N) is 2. The number of hydrogen-bond donors (Lipinski definition) is 1. The fourth-order valence-corrected chi connectivity index (χ4v) is 2.33. The molecule has 1 amide bonds. The van der Waals surface area contributed by atoms with E-state index in [1.54, 1.807) is 6.08 Å². The topological polar surface area (TPSA) is 61.7 Å². The zero-order valence-electron chi connectivity index (χ0n) is 12.5. The van der Waals surface area contributed by atoms with E-state index in [1.807, 2.05) is 44.2 Å². The summed E-state index contributed by atoms with van der Waals surface area (Å²) >= 11 is 0. The molecule has 1 aliphatic rings. The quantitative estimate of drug-likeness (QED) is 0.885. The maximum absolute atomic E-state index is 12.0. The van der Waals surface area contributed by atoms with Crippen LogP contribution in [0.3, 0.4) is 0 Å². The number of pyridine rings is 1. The zero-order valence-corrected chi connectivity index (χ0v) is 12.5. The monoisotopic (exact) mass is 297 g/mol. The Labute approximate surface area is 128 Å². The molecular weight excluding hydrogens is 280 g/mol. The number of carbonyl (C=O) groups excluding carboxylic acids is 1. The van der Waals surface area contributed by atoms with E-state index in [9.17, 15) is 4.79 Å². The molecule has 2 heterocycles. The summed E-state index contributed by atoms with van der Waals surface area (Å²) in [4.78, 5) is 15.1. The fraction of sp³-hybridized carbons (Fsp3) is 0.176. The first-order chi connectivity index (χ1) is 10.6. The maximum Gasteiger partial charge on any atom is 0.331 e. The highest BCUT2D eigenvalue weighted by molar-refractivity contribution is 6.01. The molecule has 1 aromatic heterocycles. The summed E-state index contributed by atoms with van der Waals surface area (Å²) in [5.74, 6) is 1.91. The van der Waals surface area contributed by atoms with Crippen molar-refractivity contribution in [3.8, 4) is 11.5 Å². The molecule has 0 saturated heterocycles. The normalized spacial score (nSPS) is 12.6. The number of H-pyrrole nitrogens is 1. The molecule has 2 aromatic rings. The first-order valence-corrected chi connectivity index (χ1v) is 6.99. The SMILES string of the molecule is Cc1cc(C)[nH+]c(NC(=O)C=Cc2ccc3c(c2)OCO3)c1. The number of ether oxygens (including phenoxy) is 2. The highest BCUT2D eigenvalue weighted by Crippen LogP contribution is 2.32. The lowest BCUT2D eigenvalue weighted by atomic mass is 10.2. The van der Waals surface area contributed by atoms with Crippen molar-refractivity contribution < 1.29 is 19.3 Å². The molecule has 22 heavy (non-hydrogen) atoms. The summed E-state index contributed by atoms with van der Waals surface area (Å²) in [5, 5.41) is 2.81. The van der Waals surface area contributed by atoms with Gasteiger partial charge in [-0.05, 0) is 49.2 Å². The lowest BCUT2D eigenvalue weighted by molar-refractivity contribution is -0.370. The standard InChI is InChI=1S/C17H16N2O3/c1-11-7-12(2)18-16(8-11)19-17(20)6-4-13-3-5-14-15(9-13)22-10-21-14/h3-9H,10H2,1-2H3,(H,18,19,20)/p+1. The molecule has 0 spiro atoms. The Morgan fingerprint density at radius 2 is 2.00 bits per heavy atom. The smallest absolute Gasteiger partial charge is 0.331 e. The molecular formula is C17H17N2O3+. The molecule has 0 radical (unpaired) electrons. The Hall–Kier alpha value is -2.82. The van der Waals surface area contributed by atoms with Gasteiger partial charge >= 0.3 is 5.91 Å². The van der Waals surface area contributed by atoms with Crippen molar-refractivity contribution in [2.24, 2.45) is 0 Å². The zero-order chi connectivity index (χ0) is 15.5. The lowest BCUT2D eigenvalue weighted by Crippen LogP contribution is -2.19. The molecule has 0 saturated carbocycles. The molecule has 2 N–H and O–H groups in total. The third-order valence-corrected chi connectivity index (χ3v) is 3.23. The van der Waals surface area contributed by atoms with Gasteiger partial charge in [-0.2, -0.15) is 0 Å². The number of aryl methyl sites for hydroxylation is 2. The van der Waals surface area contributed by atoms with Gasteiger partial charge in [-0.15, -0.1) is 0 Å². The van der Waals surface area contributed by atoms with Crippen LogP contribution in [0.1, 0.15) is 16.8 Å². The van der Waals surface area contributed by atoms with Crippen molar-refractivity contribution in [1.29, 1.82) is 0 Å². The van der Waals surface area contributed by atoms with E-state index in [4.69, 9.17) is 9.47 Å². The lowest BCUT2D eigenvalue weighted by Gasteiger charge is -1.99. The van der Waals surface area contributed by atoms with Gasteiger partial charge < -0.3 is 9.47 Å². The summed E-state index contributed by atoms with van der Waals surface area (Å²) in [7, 11) is 0. The number of aromatic nitrogens is 1. The number of fused-ring (bicyclic) bond motifs is 1. The number of carbonyl (C=O) groups is 1. The molecule has 0 aliphatic carbocycles. The number of anilines is 1. The molecule has 1 aliphatic heterocycles. The number of hydrogen-bond acceptors (Lipinski definition) is 3. The van der Waals surface area contributed by atoms with Crippen LogP contribution >= 0.6 is 0 Å². The van der Waals surface area contributed by atoms with Crippen molar-refractivity contribution in [1.82, 2.24) is 0 Å². The van der Waals surface area contributed by atoms with E-state index in [0.717, 1.165) is 22.6 Å². The van der Waals surface area contributed by atoms with E-state index in [2.05, 4.69) is 10.3 Å². The summed E-state index contributed by atoms with van der Waals surface area (Å²) in [6.45, 7) is 4.18. The average Bonchev–Trinajstić information content (AvgIpc) is 2.91. The summed E-state index contributed by atoms with van der Waals surface area (Å²) < 4.78 is 10.6. The van der Waals surface area contributed by atoms with Gasteiger partial charge in [-0.3, -0.25) is 0 Å². The van der Waals surface area contributed by atoms with E-state index in [-0.39, 0.29) is 12.7 Å². The van der Waals surface area contributed by atoms with Gasteiger partial charge in [0.15, 0.2) is 11.5 Å². The number of rotatable bonds is 3. The van der Waals surface area contributed by atoms with Crippen LogP contribution in [-0.4, -0.2) is 12.7 Å². The van der Waals surface area contributed by atoms with Gasteiger partial charge in [0, 0.05) is 12.1 Å². The molecule has 0 unspecified atom stereocenters. The summed E-state index contributed by atoms with van der Waals surface area (Å²) in [6.07, 6.45) is 3.23. The Kier molecular flexibility index (Phi) is 3.78. The van der Waals surface area contributed by atoms with Crippen LogP contribution in [0.5, 0.6) is 11.5 Å². The highest BCUT2D eigenvalue weighted by atomic mass is 16.7. The molecule has 5 nitrogen and oxygen atoms in total. The van der Waals surface area contributed by atoms with Crippen LogP contribution in [0.2, 0.25) is 0 Å². The van der Waals surface area contributed by atoms with Crippen molar-refractivity contribution in [3.63, 3.8) is 0 Å². The van der Waals surface area contributed by atoms with Gasteiger partial charge in [0.2, 0.25) is 6.79 Å². The van der Waals surface area contributed by atoms with Gasteiger partial charge in [-0.25, -0.2) is 15.1 Å². The van der Waals surface area contributed by atoms with E-state index >= 15 is 0 Å². The molecule has 1 aromatic carbocycles. The van der Waals surface area contributed by atoms with Gasteiger partial charge in [0.05, 0.1) is 5.69 Å². The molecule has 0 bridgehead atoms. The third kappa shape index (κ3) is 3.25. The molecule has 112 valence electrons. The average molecular weight is 297 g/mol. The van der Waals surface area contributed by atoms with Crippen molar-refractivity contribution in [2.45, 2.75) is 13.8 Å². The third-order valence-electron chi connectivity index (χ3n) is 3.23. The predicted molar refractivity (Wildman–Crippen MR) is 82.7 cm³/mol. The van der Waals surface area contributed by atoms with E-state index < -0.39 is 0 Å². The van der Waals surface area contributed by atoms with Crippen molar-refractivity contribution in [2.75, 3.05) is 12.1 Å². The largest absolute Gasteiger partial charge is 0.454 e. The Morgan fingerprint density at radius 3 is 2.82 bits per heavy atom. The number of aromatic amines is 1. The van der Waals surface area contributed by atoms with Gasteiger partial charge in [0.1, 0.15) is 0 Å². The second kappa shape index (κ2) is 5.89. The van der Waals surface area contributed by atoms with Crippen LogP contribution in [0.15, 0.2) is 36.4 Å². The van der Waals surface area contributed by atoms with E-state index in [0.29, 0.717) is 11.6 Å². The minimum absolute atomic E-state index is 0.195. The minimum atomic E-state index is -0.195. The molecule has 5 heteroatoms. The van der Waals surface area contributed by atoms with Crippen molar-refractivity contribution >= 4 is 17.8 Å². The number of amides is 1. The van der Waals surface area contributed by atoms with Gasteiger partial charge in [-0.1, -0.05) is 6.07 Å². The predicted octanol–water partition coefficient (Wildman–Crippen LogP) is 2.50. The minimum Gasteiger partial charge on any atom is -0.454 e. The second-order valence-corrected chi connectivity index (χ2v) is 5.19. The Balaban J connectivity index is 1.68. The maximum atomic E-state index is 12.0. The van der Waals surface area contributed by atoms with Crippen LogP contribution in [0, 0.1) is 13.8 Å². The Morgan fingerprint density at radius 1 is 1.18 bits per heavy atom. The summed E-state index contributed by atoms with van der Waals surface area (Å²) in [6, 6.07) is 9.45. The molecule has 0 atom stereocenters. The van der Waals surface area contributed by atoms with Crippen LogP contribution in [0.4, 0.5) is 5.82 Å². The van der Waals surface area contributed by atoms with Crippen LogP contribution in [-0.2, 0) is 4.79 Å². The first-order valence-electron chi connectivity index (χ1n) is 6.99. The van der Waals surface area contributed by atoms with Crippen LogP contribution < -0.4 is 19.8 Å². The first kappa shape index (κ1) is 14.1. The van der Waals surface area contributed by atoms with E-state index in [1.165, 1.54) is 6.08 Å². The molecule has 3 rings (SSSR count). The highest BCUT2D eigenvalue weighted by Gasteiger charge is 2.13. The Bertz CT molecular complexity index is 733. The van der Waals surface area contributed by atoms with Crippen LogP contribution in [0.25, 0.3) is 6.08 Å². The number of benzene rings is 1. The molecule has 0 fully saturated rings. The van der Waals surface area contributed by atoms with Gasteiger partial charge in [0.25, 0.3) is 5.82 Å². The second-order valence-electron chi connectivity index (χ2n) is 5.19. The summed E-state index contributed by atoms with van der Waals surface area (Å²) in [5.41, 5.74) is 2.96.